The molecule has 1 atom stereocenters. The zero-order valence-corrected chi connectivity index (χ0v) is 7.75. The number of hydrogen-bond donors (Lipinski definition) is 2. The van der Waals surface area contributed by atoms with E-state index in [1.165, 1.54) is 7.11 Å². The molecule has 0 bridgehead atoms. The van der Waals surface area contributed by atoms with Gasteiger partial charge < -0.3 is 16.2 Å². The lowest BCUT2D eigenvalue weighted by Gasteiger charge is -2.22. The Hall–Kier alpha value is -1.12. The van der Waals surface area contributed by atoms with E-state index in [4.69, 9.17) is 16.7 Å². The molecular weight excluding hydrogens is 170 g/mol. The van der Waals surface area contributed by atoms with E-state index >= 15 is 0 Å². The fourth-order valence-electron chi connectivity index (χ4n) is 1.02. The van der Waals surface area contributed by atoms with Crippen LogP contribution in [0.1, 0.15) is 19.3 Å². The molecule has 0 aliphatic heterocycles. The van der Waals surface area contributed by atoms with Crippen LogP contribution in [0.25, 0.3) is 0 Å². The Kier molecular flexibility index (Phi) is 5.04. The van der Waals surface area contributed by atoms with E-state index in [1.54, 1.807) is 0 Å². The summed E-state index contributed by atoms with van der Waals surface area (Å²) in [6, 6.07) is 1.87. The Morgan fingerprint density at radius 3 is 2.69 bits per heavy atom. The van der Waals surface area contributed by atoms with Crippen molar-refractivity contribution in [3.63, 3.8) is 0 Å². The smallest absolute Gasteiger partial charge is 0.326 e. The maximum absolute atomic E-state index is 11.2. The standard InChI is InChI=1S/C8H15N3O2/c1-13-7(12)8(11,4-6-10)3-2-5-9/h2-5,9,11H2,1H3/t8-/m0/s1. The van der Waals surface area contributed by atoms with Crippen LogP contribution in [0.4, 0.5) is 0 Å². The van der Waals surface area contributed by atoms with Crippen LogP contribution in [0, 0.1) is 11.3 Å². The molecule has 0 rings (SSSR count). The highest BCUT2D eigenvalue weighted by molar-refractivity contribution is 5.80. The van der Waals surface area contributed by atoms with E-state index in [0.717, 1.165) is 0 Å². The fraction of sp³-hybridized carbons (Fsp3) is 0.750. The predicted octanol–water partition coefficient (Wildman–Crippen LogP) is -0.491. The van der Waals surface area contributed by atoms with Crippen molar-refractivity contribution in [2.75, 3.05) is 13.7 Å². The summed E-state index contributed by atoms with van der Waals surface area (Å²) in [5, 5.41) is 8.48. The van der Waals surface area contributed by atoms with Crippen LogP contribution in [-0.2, 0) is 9.53 Å². The van der Waals surface area contributed by atoms with E-state index < -0.39 is 11.5 Å². The second kappa shape index (κ2) is 5.51. The zero-order valence-electron chi connectivity index (χ0n) is 7.75. The van der Waals surface area contributed by atoms with Crippen molar-refractivity contribution in [1.29, 1.82) is 5.26 Å². The van der Waals surface area contributed by atoms with E-state index in [-0.39, 0.29) is 6.42 Å². The van der Waals surface area contributed by atoms with Crippen LogP contribution in [0.3, 0.4) is 0 Å². The van der Waals surface area contributed by atoms with E-state index in [1.807, 2.05) is 6.07 Å². The highest BCUT2D eigenvalue weighted by Gasteiger charge is 2.34. The van der Waals surface area contributed by atoms with Gasteiger partial charge in [0.2, 0.25) is 0 Å². The van der Waals surface area contributed by atoms with Gasteiger partial charge in [-0.2, -0.15) is 5.26 Å². The van der Waals surface area contributed by atoms with Crippen LogP contribution in [0.2, 0.25) is 0 Å². The molecule has 0 unspecified atom stereocenters. The molecule has 4 N–H and O–H groups in total. The Morgan fingerprint density at radius 1 is 1.69 bits per heavy atom. The molecule has 0 spiro atoms. The highest BCUT2D eigenvalue weighted by atomic mass is 16.5. The molecule has 0 aliphatic carbocycles. The quantitative estimate of drug-likeness (QED) is 0.562. The normalized spacial score (nSPS) is 14.3. The van der Waals surface area contributed by atoms with Crippen molar-refractivity contribution in [3.8, 4) is 6.07 Å². The largest absolute Gasteiger partial charge is 0.468 e. The maximum Gasteiger partial charge on any atom is 0.326 e. The summed E-state index contributed by atoms with van der Waals surface area (Å²) in [4.78, 5) is 11.2. The maximum atomic E-state index is 11.2. The number of carbonyl (C=O) groups is 1. The third kappa shape index (κ3) is 3.40. The van der Waals surface area contributed by atoms with Crippen molar-refractivity contribution in [2.45, 2.75) is 24.8 Å². The van der Waals surface area contributed by atoms with Crippen LogP contribution < -0.4 is 11.5 Å². The lowest BCUT2D eigenvalue weighted by Crippen LogP contribution is -2.48. The van der Waals surface area contributed by atoms with Crippen LogP contribution in [0.5, 0.6) is 0 Å². The molecule has 0 aromatic rings. The Morgan fingerprint density at radius 2 is 2.31 bits per heavy atom. The number of nitrogens with zero attached hydrogens (tertiary/aromatic N) is 1. The molecular formula is C8H15N3O2. The van der Waals surface area contributed by atoms with E-state index in [2.05, 4.69) is 4.74 Å². The monoisotopic (exact) mass is 185 g/mol. The van der Waals surface area contributed by atoms with Crippen molar-refractivity contribution in [2.24, 2.45) is 11.5 Å². The van der Waals surface area contributed by atoms with Gasteiger partial charge in [0.1, 0.15) is 5.54 Å². The SMILES string of the molecule is COC(=O)[C@@](N)(CC#N)CCCN. The van der Waals surface area contributed by atoms with Crippen molar-refractivity contribution >= 4 is 5.97 Å². The summed E-state index contributed by atoms with van der Waals surface area (Å²) in [7, 11) is 1.25. The molecule has 0 amide bonds. The minimum atomic E-state index is -1.19. The molecule has 74 valence electrons. The van der Waals surface area contributed by atoms with Gasteiger partial charge in [-0.3, -0.25) is 4.79 Å². The Balaban J connectivity index is 4.34. The van der Waals surface area contributed by atoms with Gasteiger partial charge >= 0.3 is 5.97 Å². The second-order valence-electron chi connectivity index (χ2n) is 2.87. The fourth-order valence-corrected chi connectivity index (χ4v) is 1.02. The van der Waals surface area contributed by atoms with Gasteiger partial charge in [-0.1, -0.05) is 0 Å². The minimum absolute atomic E-state index is 0.0420. The number of methoxy groups -OCH3 is 1. The van der Waals surface area contributed by atoms with Gasteiger partial charge in [0.25, 0.3) is 0 Å². The molecule has 13 heavy (non-hydrogen) atoms. The summed E-state index contributed by atoms with van der Waals surface area (Å²) in [5.41, 5.74) is 9.79. The molecule has 5 heteroatoms. The number of rotatable bonds is 5. The number of nitrogens with two attached hydrogens (primary N) is 2. The molecule has 5 nitrogen and oxygen atoms in total. The summed E-state index contributed by atoms with van der Waals surface area (Å²) in [6.07, 6.45) is 0.941. The lowest BCUT2D eigenvalue weighted by atomic mass is 9.91. The highest BCUT2D eigenvalue weighted by Crippen LogP contribution is 2.15. The van der Waals surface area contributed by atoms with Gasteiger partial charge in [-0.15, -0.1) is 0 Å². The first-order chi connectivity index (χ1) is 6.10. The van der Waals surface area contributed by atoms with Crippen LogP contribution in [0.15, 0.2) is 0 Å². The van der Waals surface area contributed by atoms with Gasteiger partial charge in [0, 0.05) is 0 Å². The van der Waals surface area contributed by atoms with Gasteiger partial charge in [-0.05, 0) is 19.4 Å². The third-order valence-corrected chi connectivity index (χ3v) is 1.81. The van der Waals surface area contributed by atoms with E-state index in [0.29, 0.717) is 19.4 Å². The number of esters is 1. The molecule has 0 saturated heterocycles. The number of hydrogen-bond acceptors (Lipinski definition) is 5. The van der Waals surface area contributed by atoms with Crippen LogP contribution >= 0.6 is 0 Å². The Bertz CT molecular complexity index is 212. The average molecular weight is 185 g/mol. The van der Waals surface area contributed by atoms with E-state index in [9.17, 15) is 4.79 Å². The molecule has 0 heterocycles. The molecule has 0 aliphatic rings. The van der Waals surface area contributed by atoms with Gasteiger partial charge in [0.05, 0.1) is 19.6 Å². The molecule has 0 fully saturated rings. The number of nitriles is 1. The minimum Gasteiger partial charge on any atom is -0.468 e. The van der Waals surface area contributed by atoms with Crippen molar-refractivity contribution < 1.29 is 9.53 Å². The first kappa shape index (κ1) is 11.9. The Labute approximate surface area is 77.6 Å². The first-order valence-electron chi connectivity index (χ1n) is 4.05. The van der Waals surface area contributed by atoms with Crippen LogP contribution in [-0.4, -0.2) is 25.2 Å². The predicted molar refractivity (Wildman–Crippen MR) is 47.5 cm³/mol. The van der Waals surface area contributed by atoms with Gasteiger partial charge in [-0.25, -0.2) is 0 Å². The summed E-state index contributed by atoms with van der Waals surface area (Å²) < 4.78 is 4.51. The number of ether oxygens (including phenoxy) is 1. The second-order valence-corrected chi connectivity index (χ2v) is 2.87. The summed E-state index contributed by atoms with van der Waals surface area (Å²) in [5.74, 6) is -0.553. The summed E-state index contributed by atoms with van der Waals surface area (Å²) in [6.45, 7) is 0.446. The third-order valence-electron chi connectivity index (χ3n) is 1.81. The molecule has 0 saturated carbocycles. The first-order valence-corrected chi connectivity index (χ1v) is 4.05. The number of carbonyl (C=O) groups excluding carboxylic acids is 1. The lowest BCUT2D eigenvalue weighted by molar-refractivity contribution is -0.147. The molecule has 0 aromatic carbocycles. The van der Waals surface area contributed by atoms with Gasteiger partial charge in [0.15, 0.2) is 0 Å². The van der Waals surface area contributed by atoms with Crippen molar-refractivity contribution in [3.05, 3.63) is 0 Å². The molecule has 0 aromatic heterocycles. The molecule has 0 radical (unpaired) electrons. The topological polar surface area (TPSA) is 102 Å². The van der Waals surface area contributed by atoms with Crippen molar-refractivity contribution in [1.82, 2.24) is 0 Å². The average Bonchev–Trinajstić information content (AvgIpc) is 2.14. The summed E-state index contributed by atoms with van der Waals surface area (Å²) >= 11 is 0. The zero-order chi connectivity index (χ0) is 10.3.